The second-order valence-corrected chi connectivity index (χ2v) is 7.94. The Kier molecular flexibility index (Phi) is 4.90. The van der Waals surface area contributed by atoms with Gasteiger partial charge in [0.2, 0.25) is 10.0 Å². The maximum absolute atomic E-state index is 13.7. The average Bonchev–Trinajstić information content (AvgIpc) is 2.70. The zero-order valence-corrected chi connectivity index (χ0v) is 13.1. The number of carboxylic acids is 1. The summed E-state index contributed by atoms with van der Waals surface area (Å²) in [6, 6.07) is 2.09. The van der Waals surface area contributed by atoms with Gasteiger partial charge in [0.1, 0.15) is 5.82 Å². The fourth-order valence-electron chi connectivity index (χ4n) is 2.15. The minimum atomic E-state index is -3.79. The van der Waals surface area contributed by atoms with Gasteiger partial charge in [-0.2, -0.15) is 16.1 Å². The zero-order chi connectivity index (χ0) is 15.6. The summed E-state index contributed by atoms with van der Waals surface area (Å²) >= 11 is 1.68. The highest BCUT2D eigenvalue weighted by atomic mass is 32.2. The van der Waals surface area contributed by atoms with Crippen molar-refractivity contribution in [2.75, 3.05) is 24.6 Å². The van der Waals surface area contributed by atoms with Crippen molar-refractivity contribution >= 4 is 27.8 Å². The highest BCUT2D eigenvalue weighted by Gasteiger charge is 2.27. The van der Waals surface area contributed by atoms with Crippen molar-refractivity contribution < 1.29 is 22.7 Å². The molecule has 1 saturated heterocycles. The van der Waals surface area contributed by atoms with E-state index in [0.29, 0.717) is 18.8 Å². The largest absolute Gasteiger partial charge is 0.478 e. The second-order valence-electron chi connectivity index (χ2n) is 4.78. The lowest BCUT2D eigenvalue weighted by atomic mass is 10.1. The lowest BCUT2D eigenvalue weighted by Gasteiger charge is -2.20. The first-order valence-electron chi connectivity index (χ1n) is 6.45. The summed E-state index contributed by atoms with van der Waals surface area (Å²) in [6.45, 7) is 2.14. The molecule has 0 amide bonds. The molecule has 1 aromatic carbocycles. The van der Waals surface area contributed by atoms with E-state index < -0.39 is 27.4 Å². The summed E-state index contributed by atoms with van der Waals surface area (Å²) < 4.78 is 40.2. The molecule has 0 bridgehead atoms. The van der Waals surface area contributed by atoms with Crippen molar-refractivity contribution in [3.05, 3.63) is 29.1 Å². The van der Waals surface area contributed by atoms with Crippen molar-refractivity contribution in [1.29, 1.82) is 0 Å². The minimum Gasteiger partial charge on any atom is -0.478 e. The van der Waals surface area contributed by atoms with Crippen LogP contribution in [0.1, 0.15) is 22.3 Å². The van der Waals surface area contributed by atoms with Crippen LogP contribution in [0.3, 0.4) is 0 Å². The number of benzene rings is 1. The van der Waals surface area contributed by atoms with E-state index in [4.69, 9.17) is 5.11 Å². The third-order valence-corrected chi connectivity index (χ3v) is 6.20. The van der Waals surface area contributed by atoms with Crippen LogP contribution in [0.25, 0.3) is 0 Å². The van der Waals surface area contributed by atoms with Crippen LogP contribution in [0.2, 0.25) is 0 Å². The molecular formula is C13H16FNO4S2. The maximum Gasteiger partial charge on any atom is 0.338 e. The van der Waals surface area contributed by atoms with Gasteiger partial charge < -0.3 is 5.11 Å². The number of aryl methyl sites for hydroxylation is 1. The second kappa shape index (κ2) is 6.33. The van der Waals surface area contributed by atoms with Crippen molar-refractivity contribution in [1.82, 2.24) is 4.31 Å². The summed E-state index contributed by atoms with van der Waals surface area (Å²) in [5, 5.41) is 8.98. The predicted molar refractivity (Wildman–Crippen MR) is 78.8 cm³/mol. The first-order chi connectivity index (χ1) is 9.84. The fraction of sp³-hybridized carbons (Fsp3) is 0.462. The van der Waals surface area contributed by atoms with E-state index in [9.17, 15) is 17.6 Å². The quantitative estimate of drug-likeness (QED) is 0.915. The van der Waals surface area contributed by atoms with Gasteiger partial charge in [-0.15, -0.1) is 0 Å². The molecule has 5 nitrogen and oxygen atoms in total. The lowest BCUT2D eigenvalue weighted by Crippen LogP contribution is -2.33. The molecule has 0 radical (unpaired) electrons. The summed E-state index contributed by atoms with van der Waals surface area (Å²) in [7, 11) is -3.79. The van der Waals surface area contributed by atoms with Gasteiger partial charge >= 0.3 is 5.97 Å². The molecule has 0 atom stereocenters. The number of nitrogens with zero attached hydrogens (tertiary/aromatic N) is 1. The molecule has 0 unspecified atom stereocenters. The van der Waals surface area contributed by atoms with Gasteiger partial charge in [0.15, 0.2) is 0 Å². The molecule has 1 aromatic rings. The molecule has 0 spiro atoms. The Morgan fingerprint density at radius 2 is 2.05 bits per heavy atom. The molecule has 8 heteroatoms. The Labute approximate surface area is 127 Å². The Balaban J connectivity index is 2.46. The topological polar surface area (TPSA) is 74.7 Å². The number of thioether (sulfide) groups is 1. The van der Waals surface area contributed by atoms with Crippen molar-refractivity contribution in [3.63, 3.8) is 0 Å². The molecule has 1 fully saturated rings. The molecule has 116 valence electrons. The Morgan fingerprint density at radius 1 is 1.33 bits per heavy atom. The number of sulfonamides is 1. The van der Waals surface area contributed by atoms with Crippen LogP contribution < -0.4 is 0 Å². The van der Waals surface area contributed by atoms with Crippen molar-refractivity contribution in [2.45, 2.75) is 18.2 Å². The van der Waals surface area contributed by atoms with E-state index in [1.165, 1.54) is 17.3 Å². The molecule has 1 aliphatic heterocycles. The Hall–Kier alpha value is -1.12. The molecule has 1 heterocycles. The number of rotatable bonds is 3. The van der Waals surface area contributed by atoms with Crippen LogP contribution in [-0.2, 0) is 10.0 Å². The molecule has 0 aromatic heterocycles. The maximum atomic E-state index is 13.7. The number of halogens is 1. The van der Waals surface area contributed by atoms with Crippen LogP contribution in [0.5, 0.6) is 0 Å². The number of carbonyl (C=O) groups is 1. The van der Waals surface area contributed by atoms with Crippen LogP contribution in [0.15, 0.2) is 17.0 Å². The highest BCUT2D eigenvalue weighted by Crippen LogP contribution is 2.24. The highest BCUT2D eigenvalue weighted by molar-refractivity contribution is 7.99. The summed E-state index contributed by atoms with van der Waals surface area (Å²) in [4.78, 5) is 10.9. The Bertz CT molecular complexity index is 652. The number of aromatic carboxylic acids is 1. The smallest absolute Gasteiger partial charge is 0.338 e. The summed E-state index contributed by atoms with van der Waals surface area (Å²) in [6.07, 6.45) is 0.746. The van der Waals surface area contributed by atoms with Gasteiger partial charge in [0.25, 0.3) is 0 Å². The number of carboxylic acid groups (broad SMARTS) is 1. The van der Waals surface area contributed by atoms with Crippen LogP contribution in [-0.4, -0.2) is 48.4 Å². The molecular weight excluding hydrogens is 317 g/mol. The van der Waals surface area contributed by atoms with Gasteiger partial charge in [-0.1, -0.05) is 0 Å². The fourth-order valence-corrected chi connectivity index (χ4v) is 4.75. The van der Waals surface area contributed by atoms with Gasteiger partial charge in [-0.3, -0.25) is 0 Å². The van der Waals surface area contributed by atoms with Crippen LogP contribution in [0.4, 0.5) is 4.39 Å². The molecule has 1 aliphatic rings. The van der Waals surface area contributed by atoms with E-state index >= 15 is 0 Å². The van der Waals surface area contributed by atoms with E-state index in [1.807, 2.05) is 0 Å². The van der Waals surface area contributed by atoms with Gasteiger partial charge in [0.05, 0.1) is 10.5 Å². The van der Waals surface area contributed by atoms with E-state index in [-0.39, 0.29) is 10.5 Å². The molecule has 1 N–H and O–H groups in total. The van der Waals surface area contributed by atoms with Gasteiger partial charge in [0, 0.05) is 18.8 Å². The van der Waals surface area contributed by atoms with Gasteiger partial charge in [-0.25, -0.2) is 17.6 Å². The molecule has 21 heavy (non-hydrogen) atoms. The van der Waals surface area contributed by atoms with Crippen molar-refractivity contribution in [2.24, 2.45) is 0 Å². The molecule has 0 aliphatic carbocycles. The normalized spacial score (nSPS) is 17.4. The summed E-state index contributed by atoms with van der Waals surface area (Å²) in [5.41, 5.74) is -0.601. The van der Waals surface area contributed by atoms with E-state index in [0.717, 1.165) is 18.2 Å². The van der Waals surface area contributed by atoms with Crippen LogP contribution in [0, 0.1) is 12.7 Å². The van der Waals surface area contributed by atoms with Gasteiger partial charge in [-0.05, 0) is 36.8 Å². The monoisotopic (exact) mass is 333 g/mol. The summed E-state index contributed by atoms with van der Waals surface area (Å²) in [5.74, 6) is -0.771. The van der Waals surface area contributed by atoms with Crippen LogP contribution >= 0.6 is 11.8 Å². The number of hydrogen-bond donors (Lipinski definition) is 1. The first kappa shape index (κ1) is 16.3. The van der Waals surface area contributed by atoms with E-state index in [2.05, 4.69) is 0 Å². The SMILES string of the molecule is Cc1cc(S(=O)(=O)N2CCCSCC2)cc(C(=O)O)c1F. The third kappa shape index (κ3) is 3.38. The first-order valence-corrected chi connectivity index (χ1v) is 9.05. The van der Waals surface area contributed by atoms with Crippen molar-refractivity contribution in [3.8, 4) is 0 Å². The third-order valence-electron chi connectivity index (χ3n) is 3.28. The number of hydrogen-bond acceptors (Lipinski definition) is 4. The average molecular weight is 333 g/mol. The zero-order valence-electron chi connectivity index (χ0n) is 11.5. The van der Waals surface area contributed by atoms with E-state index in [1.54, 1.807) is 11.8 Å². The molecule has 0 saturated carbocycles. The lowest BCUT2D eigenvalue weighted by molar-refractivity contribution is 0.0691. The molecule has 2 rings (SSSR count). The predicted octanol–water partition coefficient (Wildman–Crippen LogP) is 1.96. The standard InChI is InChI=1S/C13H16FNO4S2/c1-9-7-10(8-11(12(9)14)13(16)17)21(18,19)15-3-2-5-20-6-4-15/h7-8H,2-6H2,1H3,(H,16,17). The minimum absolute atomic E-state index is 0.0117. The Morgan fingerprint density at radius 3 is 2.71 bits per heavy atom.